The van der Waals surface area contributed by atoms with E-state index in [1.807, 2.05) is 42.5 Å². The molecule has 2 aromatic carbocycles. The molecule has 1 atom stereocenters. The highest BCUT2D eigenvalue weighted by Gasteiger charge is 2.28. The number of Topliss-reactive ketones (excluding diaryl/α,β-unsaturated/α-hetero) is 1. The number of primary amides is 1. The van der Waals surface area contributed by atoms with Crippen molar-refractivity contribution >= 4 is 28.5 Å². The fraction of sp³-hybridized carbons (Fsp3) is 0.130. The summed E-state index contributed by atoms with van der Waals surface area (Å²) in [6, 6.07) is 15.3. The van der Waals surface area contributed by atoms with E-state index in [9.17, 15) is 14.4 Å². The maximum atomic E-state index is 13.2. The Bertz CT molecular complexity index is 1310. The summed E-state index contributed by atoms with van der Waals surface area (Å²) in [6.45, 7) is 0. The first-order valence-corrected chi connectivity index (χ1v) is 9.86. The fourth-order valence-corrected chi connectivity index (χ4v) is 3.49. The lowest BCUT2D eigenvalue weighted by Gasteiger charge is -2.16. The third kappa shape index (κ3) is 4.22. The largest absolute Gasteiger partial charge is 0.363 e. The van der Waals surface area contributed by atoms with Gasteiger partial charge in [0.15, 0.2) is 0 Å². The fourth-order valence-electron chi connectivity index (χ4n) is 3.49. The molecule has 2 aromatic heterocycles. The number of aromatic nitrogens is 4. The number of ketones is 1. The first-order valence-electron chi connectivity index (χ1n) is 9.86. The average Bonchev–Trinajstić information content (AvgIpc) is 3.20. The molecule has 4 aromatic rings. The van der Waals surface area contributed by atoms with Gasteiger partial charge in [-0.1, -0.05) is 48.5 Å². The molecule has 0 aliphatic carbocycles. The van der Waals surface area contributed by atoms with Crippen LogP contribution in [0.5, 0.6) is 0 Å². The Kier molecular flexibility index (Phi) is 5.71. The number of nitrogens with two attached hydrogens (primary N) is 1. The predicted octanol–water partition coefficient (Wildman–Crippen LogP) is 1.43. The summed E-state index contributed by atoms with van der Waals surface area (Å²) in [6.07, 6.45) is 3.07. The lowest BCUT2D eigenvalue weighted by Crippen LogP contribution is -2.47. The van der Waals surface area contributed by atoms with Crippen LogP contribution in [0.3, 0.4) is 0 Å². The Labute approximate surface area is 183 Å². The van der Waals surface area contributed by atoms with Gasteiger partial charge in [0.05, 0.1) is 11.1 Å². The second-order valence-corrected chi connectivity index (χ2v) is 7.25. The smallest absolute Gasteiger partial charge is 0.287 e. The summed E-state index contributed by atoms with van der Waals surface area (Å²) in [5.41, 5.74) is 7.75. The molecule has 0 fully saturated rings. The molecule has 1 unspecified atom stereocenters. The van der Waals surface area contributed by atoms with Crippen molar-refractivity contribution in [3.8, 4) is 11.4 Å². The molecule has 32 heavy (non-hydrogen) atoms. The van der Waals surface area contributed by atoms with Crippen LogP contribution in [-0.4, -0.2) is 43.4 Å². The van der Waals surface area contributed by atoms with Crippen LogP contribution in [-0.2, 0) is 23.1 Å². The minimum absolute atomic E-state index is 0.125. The molecule has 3 N–H and O–H groups in total. The monoisotopic (exact) mass is 428 g/mol. The molecule has 0 saturated heterocycles. The Morgan fingerprint density at radius 1 is 1.00 bits per heavy atom. The van der Waals surface area contributed by atoms with Crippen molar-refractivity contribution < 1.29 is 14.4 Å². The van der Waals surface area contributed by atoms with Gasteiger partial charge in [0.25, 0.3) is 11.8 Å². The zero-order chi connectivity index (χ0) is 22.7. The Hall–Kier alpha value is -4.40. The molecular weight excluding hydrogens is 408 g/mol. The highest BCUT2D eigenvalue weighted by Crippen LogP contribution is 2.26. The Morgan fingerprint density at radius 2 is 1.72 bits per heavy atom. The van der Waals surface area contributed by atoms with Crippen molar-refractivity contribution in [3.63, 3.8) is 0 Å². The molecule has 0 radical (unpaired) electrons. The van der Waals surface area contributed by atoms with E-state index in [0.717, 1.165) is 10.9 Å². The molecule has 4 rings (SSSR count). The van der Waals surface area contributed by atoms with Gasteiger partial charge in [-0.15, -0.1) is 0 Å². The summed E-state index contributed by atoms with van der Waals surface area (Å²) in [4.78, 5) is 45.8. The van der Waals surface area contributed by atoms with Crippen LogP contribution >= 0.6 is 0 Å². The first-order chi connectivity index (χ1) is 15.4. The van der Waals surface area contributed by atoms with E-state index >= 15 is 0 Å². The molecule has 2 amide bonds. The van der Waals surface area contributed by atoms with Gasteiger partial charge in [-0.05, 0) is 11.6 Å². The van der Waals surface area contributed by atoms with Crippen LogP contribution in [0.25, 0.3) is 22.3 Å². The molecule has 0 aliphatic heterocycles. The maximum Gasteiger partial charge on any atom is 0.287 e. The minimum atomic E-state index is -1.11. The summed E-state index contributed by atoms with van der Waals surface area (Å²) in [5.74, 6) is -2.55. The lowest BCUT2D eigenvalue weighted by molar-refractivity contribution is -0.137. The van der Waals surface area contributed by atoms with E-state index in [0.29, 0.717) is 16.9 Å². The lowest BCUT2D eigenvalue weighted by atomic mass is 10.0. The van der Waals surface area contributed by atoms with Gasteiger partial charge in [-0.3, -0.25) is 19.1 Å². The number of carbonyl (C=O) groups is 3. The van der Waals surface area contributed by atoms with E-state index in [-0.39, 0.29) is 12.0 Å². The number of fused-ring (bicyclic) bond motifs is 1. The van der Waals surface area contributed by atoms with Crippen molar-refractivity contribution in [2.75, 3.05) is 0 Å². The van der Waals surface area contributed by atoms with Crippen molar-refractivity contribution in [3.05, 3.63) is 78.2 Å². The van der Waals surface area contributed by atoms with Gasteiger partial charge in [-0.25, -0.2) is 9.97 Å². The SMILES string of the molecule is Cn1cc(C(=O)NC(Cc2ccccc2)C(=O)C(N)=O)c(-c2ncnc3ccccc23)n1. The van der Waals surface area contributed by atoms with Gasteiger partial charge in [0.1, 0.15) is 23.8 Å². The van der Waals surface area contributed by atoms with Crippen LogP contribution in [0, 0.1) is 0 Å². The first kappa shape index (κ1) is 20.9. The van der Waals surface area contributed by atoms with Crippen molar-refractivity contribution in [1.29, 1.82) is 0 Å². The third-order valence-corrected chi connectivity index (χ3v) is 4.99. The van der Waals surface area contributed by atoms with Gasteiger partial charge in [0, 0.05) is 25.1 Å². The van der Waals surface area contributed by atoms with Gasteiger partial charge < -0.3 is 11.1 Å². The molecule has 0 aliphatic rings. The molecule has 0 bridgehead atoms. The van der Waals surface area contributed by atoms with Crippen molar-refractivity contribution in [2.24, 2.45) is 12.8 Å². The number of nitrogens with one attached hydrogen (secondary N) is 1. The van der Waals surface area contributed by atoms with E-state index < -0.39 is 23.6 Å². The summed E-state index contributed by atoms with van der Waals surface area (Å²) in [5, 5.41) is 7.79. The van der Waals surface area contributed by atoms with Gasteiger partial charge in [-0.2, -0.15) is 5.10 Å². The standard InChI is InChI=1S/C23H20N6O3/c1-29-12-16(20(28-29)19-15-9-5-6-10-17(15)25-13-26-19)23(32)27-18(21(30)22(24)31)11-14-7-3-2-4-8-14/h2-10,12-13,18H,11H2,1H3,(H2,24,31)(H,27,32). The Morgan fingerprint density at radius 3 is 2.47 bits per heavy atom. The van der Waals surface area contributed by atoms with Crippen LogP contribution in [0.4, 0.5) is 0 Å². The number of nitrogens with zero attached hydrogens (tertiary/aromatic N) is 4. The highest BCUT2D eigenvalue weighted by molar-refractivity contribution is 6.38. The zero-order valence-electron chi connectivity index (χ0n) is 17.2. The molecule has 160 valence electrons. The topological polar surface area (TPSA) is 133 Å². The van der Waals surface area contributed by atoms with E-state index in [1.54, 1.807) is 19.2 Å². The zero-order valence-corrected chi connectivity index (χ0v) is 17.2. The third-order valence-electron chi connectivity index (χ3n) is 4.99. The number of carbonyl (C=O) groups excluding carboxylic acids is 3. The number of para-hydroxylation sites is 1. The number of rotatable bonds is 7. The summed E-state index contributed by atoms with van der Waals surface area (Å²) < 4.78 is 1.49. The van der Waals surface area contributed by atoms with E-state index in [2.05, 4.69) is 20.4 Å². The quantitative estimate of drug-likeness (QED) is 0.428. The van der Waals surface area contributed by atoms with E-state index in [1.165, 1.54) is 17.2 Å². The minimum Gasteiger partial charge on any atom is -0.363 e. The molecule has 0 spiro atoms. The predicted molar refractivity (Wildman–Crippen MR) is 117 cm³/mol. The van der Waals surface area contributed by atoms with Gasteiger partial charge >= 0.3 is 0 Å². The highest BCUT2D eigenvalue weighted by atomic mass is 16.2. The maximum absolute atomic E-state index is 13.2. The number of benzene rings is 2. The summed E-state index contributed by atoms with van der Waals surface area (Å²) >= 11 is 0. The number of aryl methyl sites for hydroxylation is 1. The van der Waals surface area contributed by atoms with Crippen LogP contribution in [0.1, 0.15) is 15.9 Å². The van der Waals surface area contributed by atoms with Gasteiger partial charge in [0.2, 0.25) is 5.78 Å². The molecule has 0 saturated carbocycles. The molecule has 2 heterocycles. The molecule has 9 nitrogen and oxygen atoms in total. The Balaban J connectivity index is 1.70. The van der Waals surface area contributed by atoms with Crippen molar-refractivity contribution in [2.45, 2.75) is 12.5 Å². The molecule has 9 heteroatoms. The van der Waals surface area contributed by atoms with Crippen LogP contribution in [0.2, 0.25) is 0 Å². The van der Waals surface area contributed by atoms with Crippen molar-refractivity contribution in [1.82, 2.24) is 25.1 Å². The molecular formula is C23H20N6O3. The summed E-state index contributed by atoms with van der Waals surface area (Å²) in [7, 11) is 1.68. The number of hydrogen-bond acceptors (Lipinski definition) is 6. The second-order valence-electron chi connectivity index (χ2n) is 7.25. The van der Waals surface area contributed by atoms with Crippen LogP contribution in [0.15, 0.2) is 67.1 Å². The number of amides is 2. The second kappa shape index (κ2) is 8.76. The number of hydrogen-bond donors (Lipinski definition) is 2. The van der Waals surface area contributed by atoms with E-state index in [4.69, 9.17) is 5.73 Å². The normalized spacial score (nSPS) is 11.8. The average molecular weight is 428 g/mol. The van der Waals surface area contributed by atoms with Crippen LogP contribution < -0.4 is 11.1 Å².